The standard InChI is InChI=1S/C17H25ClN2O2/c1-13(2)12-22-14(3)17(21)20-9-7-19(8-10-20)16-6-4-5-15(18)11-16/h4-6,11,13-14H,7-10,12H2,1-3H3/t14-/m1/s1. The van der Waals surface area contributed by atoms with Gasteiger partial charge in [-0.15, -0.1) is 0 Å². The summed E-state index contributed by atoms with van der Waals surface area (Å²) in [5.41, 5.74) is 1.11. The Hall–Kier alpha value is -1.26. The zero-order valence-corrected chi connectivity index (χ0v) is 14.3. The SMILES string of the molecule is CC(C)CO[C@H](C)C(=O)N1CCN(c2cccc(Cl)c2)CC1. The van der Waals surface area contributed by atoms with Crippen LogP contribution in [0.5, 0.6) is 0 Å². The van der Waals surface area contributed by atoms with Crippen molar-refractivity contribution in [3.63, 3.8) is 0 Å². The van der Waals surface area contributed by atoms with Crippen molar-refractivity contribution in [2.45, 2.75) is 26.9 Å². The van der Waals surface area contributed by atoms with Gasteiger partial charge in [-0.05, 0) is 31.0 Å². The van der Waals surface area contributed by atoms with E-state index in [0.717, 1.165) is 36.9 Å². The van der Waals surface area contributed by atoms with E-state index in [1.807, 2.05) is 30.0 Å². The molecule has 22 heavy (non-hydrogen) atoms. The quantitative estimate of drug-likeness (QED) is 0.834. The van der Waals surface area contributed by atoms with Crippen LogP contribution in [0.25, 0.3) is 0 Å². The van der Waals surface area contributed by atoms with Crippen LogP contribution in [0.3, 0.4) is 0 Å². The molecular weight excluding hydrogens is 300 g/mol. The highest BCUT2D eigenvalue weighted by atomic mass is 35.5. The maximum absolute atomic E-state index is 12.4. The molecule has 122 valence electrons. The Morgan fingerprint density at radius 3 is 2.50 bits per heavy atom. The third kappa shape index (κ3) is 4.62. The van der Waals surface area contributed by atoms with E-state index in [9.17, 15) is 4.79 Å². The predicted molar refractivity (Wildman–Crippen MR) is 90.5 cm³/mol. The van der Waals surface area contributed by atoms with E-state index in [1.165, 1.54) is 0 Å². The van der Waals surface area contributed by atoms with Crippen molar-refractivity contribution in [3.05, 3.63) is 29.3 Å². The summed E-state index contributed by atoms with van der Waals surface area (Å²) in [6, 6.07) is 7.85. The molecular formula is C17H25ClN2O2. The van der Waals surface area contributed by atoms with Crippen molar-refractivity contribution in [1.82, 2.24) is 4.90 Å². The summed E-state index contributed by atoms with van der Waals surface area (Å²) in [6.07, 6.45) is -0.361. The Morgan fingerprint density at radius 1 is 1.23 bits per heavy atom. The van der Waals surface area contributed by atoms with Gasteiger partial charge in [0.1, 0.15) is 6.10 Å². The number of nitrogens with zero attached hydrogens (tertiary/aromatic N) is 2. The number of halogens is 1. The first-order valence-electron chi connectivity index (χ1n) is 7.88. The zero-order valence-electron chi connectivity index (χ0n) is 13.6. The normalized spacial score (nSPS) is 17.0. The Bertz CT molecular complexity index is 499. The molecule has 1 amide bonds. The molecule has 1 saturated heterocycles. The molecule has 1 aromatic carbocycles. The van der Waals surface area contributed by atoms with Gasteiger partial charge >= 0.3 is 0 Å². The topological polar surface area (TPSA) is 32.8 Å². The van der Waals surface area contributed by atoms with Crippen LogP contribution in [-0.2, 0) is 9.53 Å². The lowest BCUT2D eigenvalue weighted by Crippen LogP contribution is -2.51. The van der Waals surface area contributed by atoms with Crippen molar-refractivity contribution in [2.24, 2.45) is 5.92 Å². The first kappa shape index (κ1) is 17.1. The molecule has 0 N–H and O–H groups in total. The average Bonchev–Trinajstić information content (AvgIpc) is 2.52. The van der Waals surface area contributed by atoms with Gasteiger partial charge in [0.05, 0.1) is 0 Å². The summed E-state index contributed by atoms with van der Waals surface area (Å²) in [7, 11) is 0. The Morgan fingerprint density at radius 2 is 1.91 bits per heavy atom. The lowest BCUT2D eigenvalue weighted by molar-refractivity contribution is -0.143. The molecule has 0 saturated carbocycles. The maximum Gasteiger partial charge on any atom is 0.251 e. The number of hydrogen-bond donors (Lipinski definition) is 0. The lowest BCUT2D eigenvalue weighted by Gasteiger charge is -2.37. The van der Waals surface area contributed by atoms with E-state index in [0.29, 0.717) is 12.5 Å². The highest BCUT2D eigenvalue weighted by molar-refractivity contribution is 6.30. The molecule has 1 aromatic rings. The summed E-state index contributed by atoms with van der Waals surface area (Å²) in [5, 5.41) is 0.742. The van der Waals surface area contributed by atoms with E-state index >= 15 is 0 Å². The molecule has 1 aliphatic rings. The van der Waals surface area contributed by atoms with Gasteiger partial charge < -0.3 is 14.5 Å². The van der Waals surface area contributed by atoms with Gasteiger partial charge in [0.15, 0.2) is 0 Å². The summed E-state index contributed by atoms with van der Waals surface area (Å²) < 4.78 is 5.62. The van der Waals surface area contributed by atoms with Crippen molar-refractivity contribution in [1.29, 1.82) is 0 Å². The van der Waals surface area contributed by atoms with Crippen molar-refractivity contribution in [3.8, 4) is 0 Å². The molecule has 4 nitrogen and oxygen atoms in total. The van der Waals surface area contributed by atoms with Gasteiger partial charge in [0.25, 0.3) is 5.91 Å². The molecule has 0 unspecified atom stereocenters. The Kier molecular flexibility index (Phi) is 6.09. The number of hydrogen-bond acceptors (Lipinski definition) is 3. The molecule has 1 atom stereocenters. The average molecular weight is 325 g/mol. The number of carbonyl (C=O) groups excluding carboxylic acids is 1. The number of rotatable bonds is 5. The number of anilines is 1. The fraction of sp³-hybridized carbons (Fsp3) is 0.588. The van der Waals surface area contributed by atoms with E-state index in [1.54, 1.807) is 0 Å². The van der Waals surface area contributed by atoms with Gasteiger partial charge in [-0.2, -0.15) is 0 Å². The van der Waals surface area contributed by atoms with Crippen LogP contribution in [0, 0.1) is 5.92 Å². The van der Waals surface area contributed by atoms with Gasteiger partial charge in [0, 0.05) is 43.5 Å². The second-order valence-electron chi connectivity index (χ2n) is 6.16. The number of ether oxygens (including phenoxy) is 1. The van der Waals surface area contributed by atoms with Crippen molar-refractivity contribution in [2.75, 3.05) is 37.7 Å². The van der Waals surface area contributed by atoms with E-state index in [-0.39, 0.29) is 12.0 Å². The Balaban J connectivity index is 1.85. The van der Waals surface area contributed by atoms with Gasteiger partial charge in [-0.3, -0.25) is 4.79 Å². The second-order valence-corrected chi connectivity index (χ2v) is 6.60. The predicted octanol–water partition coefficient (Wildman–Crippen LogP) is 3.05. The van der Waals surface area contributed by atoms with Crippen LogP contribution in [0.4, 0.5) is 5.69 Å². The minimum atomic E-state index is -0.361. The first-order valence-corrected chi connectivity index (χ1v) is 8.26. The van der Waals surface area contributed by atoms with Crippen LogP contribution >= 0.6 is 11.6 Å². The maximum atomic E-state index is 12.4. The molecule has 0 radical (unpaired) electrons. The van der Waals surface area contributed by atoms with Crippen LogP contribution < -0.4 is 4.90 Å². The molecule has 1 heterocycles. The number of benzene rings is 1. The molecule has 0 aromatic heterocycles. The van der Waals surface area contributed by atoms with Crippen molar-refractivity contribution >= 4 is 23.2 Å². The zero-order chi connectivity index (χ0) is 16.1. The van der Waals surface area contributed by atoms with Gasteiger partial charge in [0.2, 0.25) is 0 Å². The monoisotopic (exact) mass is 324 g/mol. The minimum Gasteiger partial charge on any atom is -0.368 e. The Labute approximate surface area is 138 Å². The molecule has 1 fully saturated rings. The molecule has 0 spiro atoms. The van der Waals surface area contributed by atoms with Crippen LogP contribution in [0.2, 0.25) is 5.02 Å². The van der Waals surface area contributed by atoms with E-state index in [2.05, 4.69) is 24.8 Å². The lowest BCUT2D eigenvalue weighted by atomic mass is 10.2. The molecule has 0 bridgehead atoms. The summed E-state index contributed by atoms with van der Waals surface area (Å²) in [6.45, 7) is 9.72. The third-order valence-corrected chi connectivity index (χ3v) is 4.03. The van der Waals surface area contributed by atoms with Crippen molar-refractivity contribution < 1.29 is 9.53 Å². The number of amides is 1. The first-order chi connectivity index (χ1) is 10.5. The summed E-state index contributed by atoms with van der Waals surface area (Å²) >= 11 is 6.04. The number of carbonyl (C=O) groups is 1. The van der Waals surface area contributed by atoms with Crippen LogP contribution in [0.1, 0.15) is 20.8 Å². The van der Waals surface area contributed by atoms with Crippen LogP contribution in [0.15, 0.2) is 24.3 Å². The van der Waals surface area contributed by atoms with E-state index < -0.39 is 0 Å². The van der Waals surface area contributed by atoms with Gasteiger partial charge in [-0.25, -0.2) is 0 Å². The summed E-state index contributed by atoms with van der Waals surface area (Å²) in [4.78, 5) is 16.5. The molecule has 5 heteroatoms. The molecule has 0 aliphatic carbocycles. The summed E-state index contributed by atoms with van der Waals surface area (Å²) in [5.74, 6) is 0.529. The fourth-order valence-corrected chi connectivity index (χ4v) is 2.71. The van der Waals surface area contributed by atoms with Gasteiger partial charge in [-0.1, -0.05) is 31.5 Å². The van der Waals surface area contributed by atoms with E-state index in [4.69, 9.17) is 16.3 Å². The van der Waals surface area contributed by atoms with Crippen LogP contribution in [-0.4, -0.2) is 49.7 Å². The number of piperazine rings is 1. The highest BCUT2D eigenvalue weighted by Crippen LogP contribution is 2.21. The molecule has 1 aliphatic heterocycles. The third-order valence-electron chi connectivity index (χ3n) is 3.79. The highest BCUT2D eigenvalue weighted by Gasteiger charge is 2.25. The minimum absolute atomic E-state index is 0.0893. The smallest absolute Gasteiger partial charge is 0.251 e. The molecule has 2 rings (SSSR count). The second kappa shape index (κ2) is 7.84. The fourth-order valence-electron chi connectivity index (χ4n) is 2.52. The largest absolute Gasteiger partial charge is 0.368 e.